The Morgan fingerprint density at radius 3 is 2.33 bits per heavy atom. The lowest BCUT2D eigenvalue weighted by atomic mass is 10.0. The Balaban J connectivity index is 1.51. The molecule has 166 valence electrons. The summed E-state index contributed by atoms with van der Waals surface area (Å²) in [5.41, 5.74) is 5.45. The number of aromatic nitrogens is 2. The minimum Gasteiger partial charge on any atom is -0.457 e. The summed E-state index contributed by atoms with van der Waals surface area (Å²) in [7, 11) is 2.10. The van der Waals surface area contributed by atoms with Gasteiger partial charge >= 0.3 is 0 Å². The monoisotopic (exact) mass is 454 g/mol. The van der Waals surface area contributed by atoms with Crippen LogP contribution < -0.4 is 15.0 Å². The number of anilines is 1. The summed E-state index contributed by atoms with van der Waals surface area (Å²) in [4.78, 5) is 6.81. The third kappa shape index (κ3) is 3.98. The third-order valence-electron chi connectivity index (χ3n) is 6.25. The molecule has 0 amide bonds. The predicted octanol–water partition coefficient (Wildman–Crippen LogP) is 6.01. The van der Waals surface area contributed by atoms with Crippen molar-refractivity contribution >= 4 is 23.0 Å². The molecule has 6 heteroatoms. The smallest absolute Gasteiger partial charge is 0.174 e. The van der Waals surface area contributed by atoms with Crippen molar-refractivity contribution < 1.29 is 4.74 Å². The van der Waals surface area contributed by atoms with Gasteiger partial charge in [0.15, 0.2) is 5.11 Å². The number of aryl methyl sites for hydroxylation is 2. The number of hydrogen-bond donors (Lipinski definition) is 1. The van der Waals surface area contributed by atoms with E-state index in [1.807, 2.05) is 67.7 Å². The van der Waals surface area contributed by atoms with Gasteiger partial charge in [0.25, 0.3) is 0 Å². The molecule has 4 aromatic rings. The lowest BCUT2D eigenvalue weighted by molar-refractivity contribution is 0.479. The van der Waals surface area contributed by atoms with Crippen LogP contribution in [0.15, 0.2) is 85.1 Å². The molecule has 1 saturated heterocycles. The minimum atomic E-state index is -0.0606. The molecular formula is C27H26N4OS. The van der Waals surface area contributed by atoms with Crippen LogP contribution in [0, 0.1) is 13.8 Å². The van der Waals surface area contributed by atoms with Crippen molar-refractivity contribution in [3.05, 3.63) is 108 Å². The molecule has 1 aliphatic rings. The van der Waals surface area contributed by atoms with Gasteiger partial charge in [0, 0.05) is 30.3 Å². The van der Waals surface area contributed by atoms with E-state index in [4.69, 9.17) is 17.0 Å². The lowest BCUT2D eigenvalue weighted by Crippen LogP contribution is -2.30. The third-order valence-corrected chi connectivity index (χ3v) is 6.56. The maximum atomic E-state index is 6.10. The maximum absolute atomic E-state index is 6.10. The van der Waals surface area contributed by atoms with E-state index in [-0.39, 0.29) is 12.1 Å². The van der Waals surface area contributed by atoms with E-state index in [0.717, 1.165) is 28.4 Å². The highest BCUT2D eigenvalue weighted by molar-refractivity contribution is 7.80. The first-order chi connectivity index (χ1) is 16.0. The van der Waals surface area contributed by atoms with Crippen LogP contribution in [0.4, 0.5) is 5.69 Å². The number of nitrogens with one attached hydrogen (secondary N) is 1. The van der Waals surface area contributed by atoms with Crippen LogP contribution in [0.2, 0.25) is 0 Å². The number of nitrogens with zero attached hydrogens (tertiary/aromatic N) is 3. The molecule has 3 heterocycles. The van der Waals surface area contributed by atoms with Gasteiger partial charge < -0.3 is 19.5 Å². The van der Waals surface area contributed by atoms with Crippen LogP contribution in [-0.2, 0) is 7.05 Å². The average molecular weight is 455 g/mol. The molecule has 1 aliphatic heterocycles. The SMILES string of the molecule is Cc1ccccc1Oc1ccc(N2C(=S)N[C@H](c3ccccn3)[C@@H]2c2ccc(C)n2C)cc1. The van der Waals surface area contributed by atoms with Crippen molar-refractivity contribution in [2.45, 2.75) is 25.9 Å². The Morgan fingerprint density at radius 1 is 0.909 bits per heavy atom. The second-order valence-corrected chi connectivity index (χ2v) is 8.70. The second kappa shape index (κ2) is 8.71. The highest BCUT2D eigenvalue weighted by Crippen LogP contribution is 2.42. The molecule has 0 aliphatic carbocycles. The van der Waals surface area contributed by atoms with Crippen LogP contribution in [0.5, 0.6) is 11.5 Å². The summed E-state index contributed by atoms with van der Waals surface area (Å²) in [6, 6.07) is 26.3. The molecule has 0 bridgehead atoms. The van der Waals surface area contributed by atoms with E-state index in [1.165, 1.54) is 11.4 Å². The van der Waals surface area contributed by atoms with Gasteiger partial charge in [-0.15, -0.1) is 0 Å². The van der Waals surface area contributed by atoms with Crippen molar-refractivity contribution in [2.75, 3.05) is 4.90 Å². The van der Waals surface area contributed by atoms with E-state index in [2.05, 4.69) is 58.0 Å². The number of para-hydroxylation sites is 1. The Bertz CT molecular complexity index is 1280. The summed E-state index contributed by atoms with van der Waals surface area (Å²) < 4.78 is 8.32. The highest BCUT2D eigenvalue weighted by atomic mass is 32.1. The van der Waals surface area contributed by atoms with Crippen molar-refractivity contribution in [1.29, 1.82) is 0 Å². The summed E-state index contributed by atoms with van der Waals surface area (Å²) in [6.45, 7) is 4.16. The fourth-order valence-corrected chi connectivity index (χ4v) is 4.68. The van der Waals surface area contributed by atoms with Gasteiger partial charge in [0.2, 0.25) is 0 Å². The number of ether oxygens (including phenoxy) is 1. The molecule has 0 radical (unpaired) electrons. The van der Waals surface area contributed by atoms with Crippen LogP contribution in [0.25, 0.3) is 0 Å². The van der Waals surface area contributed by atoms with Gasteiger partial charge in [-0.2, -0.15) is 0 Å². The van der Waals surface area contributed by atoms with E-state index >= 15 is 0 Å². The summed E-state index contributed by atoms with van der Waals surface area (Å²) in [6.07, 6.45) is 1.83. The van der Waals surface area contributed by atoms with Gasteiger partial charge in [0.05, 0.1) is 11.7 Å². The first-order valence-corrected chi connectivity index (χ1v) is 11.4. The molecule has 33 heavy (non-hydrogen) atoms. The second-order valence-electron chi connectivity index (χ2n) is 8.32. The maximum Gasteiger partial charge on any atom is 0.174 e. The number of benzene rings is 2. The fourth-order valence-electron chi connectivity index (χ4n) is 4.34. The molecule has 0 saturated carbocycles. The van der Waals surface area contributed by atoms with Gasteiger partial charge in [-0.3, -0.25) is 4.98 Å². The molecule has 0 unspecified atom stereocenters. The number of rotatable bonds is 5. The fraction of sp³-hybridized carbons (Fsp3) is 0.185. The molecule has 2 aromatic carbocycles. The number of thiocarbonyl (C=S) groups is 1. The largest absolute Gasteiger partial charge is 0.457 e. The zero-order valence-electron chi connectivity index (χ0n) is 18.9. The Kier molecular flexibility index (Phi) is 5.60. The molecule has 1 N–H and O–H groups in total. The van der Waals surface area contributed by atoms with E-state index in [0.29, 0.717) is 5.11 Å². The Morgan fingerprint density at radius 2 is 1.67 bits per heavy atom. The first-order valence-electron chi connectivity index (χ1n) is 11.0. The van der Waals surface area contributed by atoms with Crippen molar-refractivity contribution in [1.82, 2.24) is 14.9 Å². The van der Waals surface area contributed by atoms with Gasteiger partial charge in [-0.1, -0.05) is 24.3 Å². The predicted molar refractivity (Wildman–Crippen MR) is 136 cm³/mol. The molecule has 5 rings (SSSR count). The minimum absolute atomic E-state index is 0.0331. The summed E-state index contributed by atoms with van der Waals surface area (Å²) in [5, 5.41) is 4.20. The Labute approximate surface area is 199 Å². The van der Waals surface area contributed by atoms with Crippen LogP contribution in [-0.4, -0.2) is 14.7 Å². The number of hydrogen-bond acceptors (Lipinski definition) is 3. The Hall–Kier alpha value is -3.64. The summed E-state index contributed by atoms with van der Waals surface area (Å²) in [5.74, 6) is 1.65. The van der Waals surface area contributed by atoms with Gasteiger partial charge in [-0.25, -0.2) is 0 Å². The number of pyridine rings is 1. The standard InChI is InChI=1S/C27H26N4OS/c1-18-8-4-5-10-24(18)32-21-14-12-20(13-15-21)31-26(23-16-11-19(2)30(23)3)25(29-27(31)33)22-9-6-7-17-28-22/h4-17,25-26H,1-3H3,(H,29,33)/t25-,26+/m1/s1. The van der Waals surface area contributed by atoms with Crippen LogP contribution in [0.3, 0.4) is 0 Å². The molecular weight excluding hydrogens is 428 g/mol. The van der Waals surface area contributed by atoms with E-state index in [1.54, 1.807) is 0 Å². The molecule has 2 aromatic heterocycles. The zero-order valence-corrected chi connectivity index (χ0v) is 19.7. The summed E-state index contributed by atoms with van der Waals surface area (Å²) >= 11 is 5.83. The zero-order chi connectivity index (χ0) is 22.9. The van der Waals surface area contributed by atoms with Gasteiger partial charge in [0.1, 0.15) is 17.5 Å². The lowest BCUT2D eigenvalue weighted by Gasteiger charge is -2.28. The molecule has 2 atom stereocenters. The van der Waals surface area contributed by atoms with Crippen LogP contribution in [0.1, 0.15) is 34.7 Å². The average Bonchev–Trinajstić information content (AvgIpc) is 3.35. The highest BCUT2D eigenvalue weighted by Gasteiger charge is 2.41. The molecule has 5 nitrogen and oxygen atoms in total. The van der Waals surface area contributed by atoms with Crippen molar-refractivity contribution in [3.63, 3.8) is 0 Å². The van der Waals surface area contributed by atoms with E-state index < -0.39 is 0 Å². The quantitative estimate of drug-likeness (QED) is 0.374. The van der Waals surface area contributed by atoms with Crippen molar-refractivity contribution in [2.24, 2.45) is 7.05 Å². The molecule has 1 fully saturated rings. The van der Waals surface area contributed by atoms with Gasteiger partial charge in [-0.05, 0) is 86.2 Å². The topological polar surface area (TPSA) is 42.3 Å². The first kappa shape index (κ1) is 21.2. The normalized spacial score (nSPS) is 17.8. The molecule has 0 spiro atoms. The van der Waals surface area contributed by atoms with Crippen LogP contribution >= 0.6 is 12.2 Å². The van der Waals surface area contributed by atoms with Crippen molar-refractivity contribution in [3.8, 4) is 11.5 Å². The van der Waals surface area contributed by atoms with E-state index in [9.17, 15) is 0 Å².